The molecular weight excluding hydrogens is 374 g/mol. The molecule has 0 saturated carbocycles. The Morgan fingerprint density at radius 1 is 0.714 bits per heavy atom. The zero-order valence-electron chi connectivity index (χ0n) is 11.0. The summed E-state index contributed by atoms with van der Waals surface area (Å²) in [5.74, 6) is 0. The van der Waals surface area contributed by atoms with Crippen LogP contribution in [0.2, 0.25) is 20.1 Å². The van der Waals surface area contributed by atoms with Gasteiger partial charge >= 0.3 is 0 Å². The summed E-state index contributed by atoms with van der Waals surface area (Å²) in [7, 11) is -3.86. The van der Waals surface area contributed by atoms with Crippen molar-refractivity contribution in [2.24, 2.45) is 0 Å². The predicted molar refractivity (Wildman–Crippen MR) is 87.8 cm³/mol. The molecule has 0 heterocycles. The summed E-state index contributed by atoms with van der Waals surface area (Å²) in [5, 5.41) is 0.979. The lowest BCUT2D eigenvalue weighted by molar-refractivity contribution is 0.596. The molecule has 0 aliphatic heterocycles. The first kappa shape index (κ1) is 16.9. The minimum atomic E-state index is -3.86. The second kappa shape index (κ2) is 5.98. The van der Waals surface area contributed by atoms with E-state index in [2.05, 4.69) is 0 Å². The highest BCUT2D eigenvalue weighted by Gasteiger charge is 2.26. The van der Waals surface area contributed by atoms with Crippen molar-refractivity contribution >= 4 is 56.2 Å². The number of hydrogen-bond donors (Lipinski definition) is 0. The van der Waals surface area contributed by atoms with Crippen molar-refractivity contribution in [3.05, 3.63) is 55.5 Å². The summed E-state index contributed by atoms with van der Waals surface area (Å²) in [6.07, 6.45) is 0. The first-order valence-electron chi connectivity index (χ1n) is 5.82. The molecule has 0 aliphatic carbocycles. The molecule has 0 unspecified atom stereocenters. The summed E-state index contributed by atoms with van der Waals surface area (Å²) >= 11 is 24.1. The molecule has 21 heavy (non-hydrogen) atoms. The molecule has 0 atom stereocenters. The Labute approximate surface area is 143 Å². The molecule has 2 nitrogen and oxygen atoms in total. The van der Waals surface area contributed by atoms with E-state index in [1.54, 1.807) is 13.8 Å². The van der Waals surface area contributed by atoms with Gasteiger partial charge in [0.1, 0.15) is 0 Å². The van der Waals surface area contributed by atoms with Gasteiger partial charge in [0.05, 0.1) is 19.8 Å². The molecule has 2 aromatic carbocycles. The van der Waals surface area contributed by atoms with E-state index in [0.29, 0.717) is 21.2 Å². The molecule has 0 radical (unpaired) electrons. The number of rotatable bonds is 2. The zero-order valence-corrected chi connectivity index (χ0v) is 14.9. The van der Waals surface area contributed by atoms with Crippen molar-refractivity contribution in [2.45, 2.75) is 23.6 Å². The molecule has 0 saturated heterocycles. The van der Waals surface area contributed by atoms with Gasteiger partial charge < -0.3 is 0 Å². The smallest absolute Gasteiger partial charge is 0.209 e. The van der Waals surface area contributed by atoms with Crippen molar-refractivity contribution < 1.29 is 8.42 Å². The maximum atomic E-state index is 12.7. The van der Waals surface area contributed by atoms with E-state index in [-0.39, 0.29) is 19.8 Å². The lowest BCUT2D eigenvalue weighted by atomic mass is 10.2. The third-order valence-corrected chi connectivity index (χ3v) is 7.00. The van der Waals surface area contributed by atoms with Gasteiger partial charge in [0, 0.05) is 10.0 Å². The van der Waals surface area contributed by atoms with Gasteiger partial charge in [0.25, 0.3) is 0 Å². The SMILES string of the molecule is Cc1c(Cl)ccc(S(=O)(=O)c2ccc(Cl)c(C)c2Cl)c1Cl. The average molecular weight is 384 g/mol. The maximum Gasteiger partial charge on any atom is 0.209 e. The number of hydrogen-bond acceptors (Lipinski definition) is 2. The molecule has 0 spiro atoms. The highest BCUT2D eigenvalue weighted by Crippen LogP contribution is 2.38. The van der Waals surface area contributed by atoms with Gasteiger partial charge in [-0.2, -0.15) is 0 Å². The molecule has 0 fully saturated rings. The lowest BCUT2D eigenvalue weighted by Gasteiger charge is -2.12. The van der Waals surface area contributed by atoms with Crippen LogP contribution < -0.4 is 0 Å². The fourth-order valence-corrected chi connectivity index (χ4v) is 4.67. The predicted octanol–water partition coefficient (Wildman–Crippen LogP) is 5.75. The highest BCUT2D eigenvalue weighted by molar-refractivity contribution is 7.91. The van der Waals surface area contributed by atoms with E-state index < -0.39 is 9.84 Å². The van der Waals surface area contributed by atoms with Crippen LogP contribution in [0.15, 0.2) is 34.1 Å². The highest BCUT2D eigenvalue weighted by atomic mass is 35.5. The van der Waals surface area contributed by atoms with E-state index in [4.69, 9.17) is 46.4 Å². The van der Waals surface area contributed by atoms with Crippen molar-refractivity contribution in [3.8, 4) is 0 Å². The summed E-state index contributed by atoms with van der Waals surface area (Å²) in [4.78, 5) is -0.0654. The first-order valence-corrected chi connectivity index (χ1v) is 8.81. The Bertz CT molecular complexity index is 766. The van der Waals surface area contributed by atoms with Gasteiger partial charge in [-0.1, -0.05) is 46.4 Å². The largest absolute Gasteiger partial charge is 0.218 e. The molecule has 0 N–H and O–H groups in total. The van der Waals surface area contributed by atoms with E-state index in [1.165, 1.54) is 24.3 Å². The van der Waals surface area contributed by atoms with Crippen LogP contribution in [0.1, 0.15) is 11.1 Å². The molecule has 0 bridgehead atoms. The van der Waals surface area contributed by atoms with Gasteiger partial charge in [-0.05, 0) is 49.2 Å². The Kier molecular flexibility index (Phi) is 4.81. The monoisotopic (exact) mass is 382 g/mol. The molecule has 0 amide bonds. The number of sulfone groups is 1. The van der Waals surface area contributed by atoms with Crippen LogP contribution in [0.25, 0.3) is 0 Å². The van der Waals surface area contributed by atoms with Gasteiger partial charge in [-0.15, -0.1) is 0 Å². The molecule has 112 valence electrons. The molecule has 2 aromatic rings. The number of benzene rings is 2. The molecule has 0 aliphatic rings. The normalized spacial score (nSPS) is 11.7. The summed E-state index contributed by atoms with van der Waals surface area (Å²) < 4.78 is 25.5. The quantitative estimate of drug-likeness (QED) is 0.661. The van der Waals surface area contributed by atoms with Crippen LogP contribution in [0.3, 0.4) is 0 Å². The molecular formula is C14H10Cl4O2S. The third kappa shape index (κ3) is 2.90. The number of halogens is 4. The molecule has 0 aromatic heterocycles. The van der Waals surface area contributed by atoms with Crippen LogP contribution in [-0.4, -0.2) is 8.42 Å². The van der Waals surface area contributed by atoms with Crippen LogP contribution in [0, 0.1) is 13.8 Å². The van der Waals surface area contributed by atoms with E-state index in [0.717, 1.165) is 0 Å². The van der Waals surface area contributed by atoms with Gasteiger partial charge in [-0.25, -0.2) is 8.42 Å². The molecule has 2 rings (SSSR count). The van der Waals surface area contributed by atoms with Crippen molar-refractivity contribution in [3.63, 3.8) is 0 Å². The Balaban J connectivity index is 2.75. The standard InChI is InChI=1S/C14H10Cl4O2S/c1-7-9(15)3-5-11(13(7)17)21(19,20)12-6-4-10(16)8(2)14(12)18/h3-6H,1-2H3. The first-order chi connectivity index (χ1) is 9.67. The second-order valence-electron chi connectivity index (χ2n) is 4.47. The lowest BCUT2D eigenvalue weighted by Crippen LogP contribution is -2.05. The van der Waals surface area contributed by atoms with Crippen LogP contribution >= 0.6 is 46.4 Å². The second-order valence-corrected chi connectivity index (χ2v) is 7.93. The fraction of sp³-hybridized carbons (Fsp3) is 0.143. The molecule has 7 heteroatoms. The Morgan fingerprint density at radius 3 is 1.38 bits per heavy atom. The average Bonchev–Trinajstić information content (AvgIpc) is 2.41. The van der Waals surface area contributed by atoms with E-state index in [1.807, 2.05) is 0 Å². The summed E-state index contributed by atoms with van der Waals surface area (Å²) in [6.45, 7) is 3.30. The minimum absolute atomic E-state index is 0.0327. The van der Waals surface area contributed by atoms with Crippen LogP contribution in [-0.2, 0) is 9.84 Å². The Hall–Kier alpha value is -0.450. The minimum Gasteiger partial charge on any atom is -0.218 e. The third-order valence-electron chi connectivity index (χ3n) is 3.15. The van der Waals surface area contributed by atoms with Crippen LogP contribution in [0.4, 0.5) is 0 Å². The topological polar surface area (TPSA) is 34.1 Å². The Morgan fingerprint density at radius 2 is 1.05 bits per heavy atom. The fourth-order valence-electron chi connectivity index (χ4n) is 1.81. The van der Waals surface area contributed by atoms with Crippen molar-refractivity contribution in [2.75, 3.05) is 0 Å². The van der Waals surface area contributed by atoms with Gasteiger partial charge in [0.15, 0.2) is 0 Å². The zero-order chi connectivity index (χ0) is 15.9. The van der Waals surface area contributed by atoms with E-state index in [9.17, 15) is 8.42 Å². The summed E-state index contributed by atoms with van der Waals surface area (Å²) in [5.41, 5.74) is 1.00. The van der Waals surface area contributed by atoms with Crippen LogP contribution in [0.5, 0.6) is 0 Å². The van der Waals surface area contributed by atoms with Gasteiger partial charge in [0.2, 0.25) is 9.84 Å². The maximum absolute atomic E-state index is 12.7. The van der Waals surface area contributed by atoms with Crippen molar-refractivity contribution in [1.29, 1.82) is 0 Å². The van der Waals surface area contributed by atoms with Gasteiger partial charge in [-0.3, -0.25) is 0 Å². The van der Waals surface area contributed by atoms with E-state index >= 15 is 0 Å². The van der Waals surface area contributed by atoms with Crippen molar-refractivity contribution in [1.82, 2.24) is 0 Å². The summed E-state index contributed by atoms with van der Waals surface area (Å²) in [6, 6.07) is 5.72.